The molecule has 0 unspecified atom stereocenters. The van der Waals surface area contributed by atoms with Crippen LogP contribution >= 0.6 is 0 Å². The number of rotatable bonds is 6. The number of nitrogens with one attached hydrogen (secondary N) is 2. The quantitative estimate of drug-likeness (QED) is 0.812. The molecular formula is C14H26N4. The molecule has 2 N–H and O–H groups in total. The normalized spacial score (nSPS) is 11.4. The van der Waals surface area contributed by atoms with Gasteiger partial charge in [-0.25, -0.2) is 4.98 Å². The van der Waals surface area contributed by atoms with E-state index in [0.29, 0.717) is 11.4 Å². The highest BCUT2D eigenvalue weighted by molar-refractivity contribution is 5.46. The first-order valence-corrected chi connectivity index (χ1v) is 6.74. The molecule has 18 heavy (non-hydrogen) atoms. The van der Waals surface area contributed by atoms with Gasteiger partial charge in [0.1, 0.15) is 5.82 Å². The topological polar surface area (TPSA) is 49.8 Å². The summed E-state index contributed by atoms with van der Waals surface area (Å²) in [5, 5.41) is 6.60. The van der Waals surface area contributed by atoms with Crippen molar-refractivity contribution in [1.29, 1.82) is 0 Å². The molecule has 4 nitrogen and oxygen atoms in total. The van der Waals surface area contributed by atoms with Gasteiger partial charge in [-0.05, 0) is 25.2 Å². The molecule has 0 saturated heterocycles. The summed E-state index contributed by atoms with van der Waals surface area (Å²) in [5.74, 6) is 1.65. The van der Waals surface area contributed by atoms with Crippen LogP contribution < -0.4 is 10.6 Å². The Kier molecular flexibility index (Phi) is 5.38. The second-order valence-electron chi connectivity index (χ2n) is 5.89. The monoisotopic (exact) mass is 250 g/mol. The summed E-state index contributed by atoms with van der Waals surface area (Å²) in [6, 6.07) is 0. The molecular weight excluding hydrogens is 224 g/mol. The Morgan fingerprint density at radius 1 is 1.17 bits per heavy atom. The van der Waals surface area contributed by atoms with E-state index in [2.05, 4.69) is 48.3 Å². The summed E-state index contributed by atoms with van der Waals surface area (Å²) in [6.07, 6.45) is 4.06. The minimum absolute atomic E-state index is 0.344. The van der Waals surface area contributed by atoms with E-state index in [1.165, 1.54) is 0 Å². The van der Waals surface area contributed by atoms with Crippen LogP contribution in [-0.2, 0) is 0 Å². The van der Waals surface area contributed by atoms with Crippen molar-refractivity contribution in [3.8, 4) is 0 Å². The summed E-state index contributed by atoms with van der Waals surface area (Å²) in [4.78, 5) is 8.77. The van der Waals surface area contributed by atoms with Crippen LogP contribution in [0.4, 0.5) is 11.8 Å². The molecule has 0 spiro atoms. The highest BCUT2D eigenvalue weighted by Gasteiger charge is 2.10. The van der Waals surface area contributed by atoms with Gasteiger partial charge in [-0.3, -0.25) is 0 Å². The summed E-state index contributed by atoms with van der Waals surface area (Å²) in [7, 11) is 0. The van der Waals surface area contributed by atoms with Crippen molar-refractivity contribution < 1.29 is 0 Å². The average molecular weight is 250 g/mol. The molecule has 1 rings (SSSR count). The van der Waals surface area contributed by atoms with Crippen LogP contribution in [0.2, 0.25) is 0 Å². The third kappa shape index (κ3) is 5.34. The Morgan fingerprint density at radius 2 is 1.89 bits per heavy atom. The first-order valence-electron chi connectivity index (χ1n) is 6.74. The standard InChI is InChI=1S/C14H26N4/c1-6-8-16-13-17-10-11(2)12(18-13)15-9-7-14(3,4)5/h10H,6-9H2,1-5H3,(H2,15,16,17,18). The molecule has 0 atom stereocenters. The van der Waals surface area contributed by atoms with Crippen LogP contribution in [0.3, 0.4) is 0 Å². The Hall–Kier alpha value is -1.32. The number of hydrogen-bond donors (Lipinski definition) is 2. The van der Waals surface area contributed by atoms with Gasteiger partial charge < -0.3 is 10.6 Å². The SMILES string of the molecule is CCCNc1ncc(C)c(NCCC(C)(C)C)n1. The Morgan fingerprint density at radius 3 is 2.50 bits per heavy atom. The fraction of sp³-hybridized carbons (Fsp3) is 0.714. The van der Waals surface area contributed by atoms with Crippen LogP contribution in [0, 0.1) is 12.3 Å². The Balaban J connectivity index is 2.58. The van der Waals surface area contributed by atoms with Gasteiger partial charge in [0, 0.05) is 24.8 Å². The third-order valence-corrected chi connectivity index (χ3v) is 2.67. The van der Waals surface area contributed by atoms with Crippen LogP contribution in [0.1, 0.15) is 46.1 Å². The molecule has 0 saturated carbocycles. The number of nitrogens with zero attached hydrogens (tertiary/aromatic N) is 2. The minimum Gasteiger partial charge on any atom is -0.370 e. The lowest BCUT2D eigenvalue weighted by atomic mass is 9.92. The summed E-state index contributed by atoms with van der Waals surface area (Å²) < 4.78 is 0. The maximum atomic E-state index is 4.50. The summed E-state index contributed by atoms with van der Waals surface area (Å²) in [5.41, 5.74) is 1.43. The van der Waals surface area contributed by atoms with Crippen LogP contribution in [0.25, 0.3) is 0 Å². The number of aryl methyl sites for hydroxylation is 1. The van der Waals surface area contributed by atoms with Gasteiger partial charge in [-0.1, -0.05) is 27.7 Å². The van der Waals surface area contributed by atoms with Crippen molar-refractivity contribution >= 4 is 11.8 Å². The van der Waals surface area contributed by atoms with Gasteiger partial charge >= 0.3 is 0 Å². The maximum Gasteiger partial charge on any atom is 0.224 e. The lowest BCUT2D eigenvalue weighted by Crippen LogP contribution is -2.15. The maximum absolute atomic E-state index is 4.50. The summed E-state index contributed by atoms with van der Waals surface area (Å²) >= 11 is 0. The van der Waals surface area contributed by atoms with E-state index in [-0.39, 0.29) is 0 Å². The first-order chi connectivity index (χ1) is 8.42. The van der Waals surface area contributed by atoms with E-state index in [0.717, 1.165) is 37.3 Å². The van der Waals surface area contributed by atoms with E-state index in [4.69, 9.17) is 0 Å². The van der Waals surface area contributed by atoms with Crippen molar-refractivity contribution in [2.24, 2.45) is 5.41 Å². The average Bonchev–Trinajstić information content (AvgIpc) is 2.28. The number of hydrogen-bond acceptors (Lipinski definition) is 4. The van der Waals surface area contributed by atoms with E-state index < -0.39 is 0 Å². The largest absolute Gasteiger partial charge is 0.370 e. The van der Waals surface area contributed by atoms with Crippen LogP contribution in [-0.4, -0.2) is 23.1 Å². The molecule has 1 heterocycles. The number of aromatic nitrogens is 2. The van der Waals surface area contributed by atoms with E-state index in [9.17, 15) is 0 Å². The van der Waals surface area contributed by atoms with Gasteiger partial charge in [-0.2, -0.15) is 4.98 Å². The molecule has 1 aromatic heterocycles. The predicted octanol–water partition coefficient (Wildman–Crippen LogP) is 3.46. The molecule has 0 aliphatic heterocycles. The second-order valence-corrected chi connectivity index (χ2v) is 5.89. The van der Waals surface area contributed by atoms with Crippen molar-refractivity contribution in [2.75, 3.05) is 23.7 Å². The van der Waals surface area contributed by atoms with Crippen molar-refractivity contribution in [2.45, 2.75) is 47.5 Å². The smallest absolute Gasteiger partial charge is 0.224 e. The molecule has 0 amide bonds. The lowest BCUT2D eigenvalue weighted by molar-refractivity contribution is 0.389. The molecule has 0 radical (unpaired) electrons. The van der Waals surface area contributed by atoms with Crippen molar-refractivity contribution in [1.82, 2.24) is 9.97 Å². The molecule has 102 valence electrons. The zero-order valence-corrected chi connectivity index (χ0v) is 12.3. The molecule has 4 heteroatoms. The fourth-order valence-electron chi connectivity index (χ4n) is 1.50. The molecule has 0 bridgehead atoms. The van der Waals surface area contributed by atoms with Crippen LogP contribution in [0.15, 0.2) is 6.20 Å². The van der Waals surface area contributed by atoms with Crippen molar-refractivity contribution in [3.05, 3.63) is 11.8 Å². The van der Waals surface area contributed by atoms with Gasteiger partial charge in [-0.15, -0.1) is 0 Å². The van der Waals surface area contributed by atoms with E-state index >= 15 is 0 Å². The van der Waals surface area contributed by atoms with Gasteiger partial charge in [0.15, 0.2) is 0 Å². The van der Waals surface area contributed by atoms with Gasteiger partial charge in [0.05, 0.1) is 0 Å². The zero-order valence-electron chi connectivity index (χ0n) is 12.3. The minimum atomic E-state index is 0.344. The predicted molar refractivity (Wildman–Crippen MR) is 78.1 cm³/mol. The van der Waals surface area contributed by atoms with E-state index in [1.807, 2.05) is 13.1 Å². The van der Waals surface area contributed by atoms with Crippen LogP contribution in [0.5, 0.6) is 0 Å². The van der Waals surface area contributed by atoms with E-state index in [1.54, 1.807) is 0 Å². The zero-order chi connectivity index (χ0) is 13.6. The molecule has 0 aromatic carbocycles. The van der Waals surface area contributed by atoms with Gasteiger partial charge in [0.25, 0.3) is 0 Å². The molecule has 0 aliphatic carbocycles. The fourth-order valence-corrected chi connectivity index (χ4v) is 1.50. The van der Waals surface area contributed by atoms with Crippen molar-refractivity contribution in [3.63, 3.8) is 0 Å². The third-order valence-electron chi connectivity index (χ3n) is 2.67. The first kappa shape index (κ1) is 14.7. The lowest BCUT2D eigenvalue weighted by Gasteiger charge is -2.19. The van der Waals surface area contributed by atoms with Gasteiger partial charge in [0.2, 0.25) is 5.95 Å². The molecule has 1 aromatic rings. The molecule has 0 fully saturated rings. The highest BCUT2D eigenvalue weighted by Crippen LogP contribution is 2.19. The summed E-state index contributed by atoms with van der Waals surface area (Å²) in [6.45, 7) is 12.7. The number of anilines is 2. The Bertz CT molecular complexity index is 369. The highest BCUT2D eigenvalue weighted by atomic mass is 15.1. The second kappa shape index (κ2) is 6.57. The Labute approximate surface area is 111 Å². The molecule has 0 aliphatic rings.